The van der Waals surface area contributed by atoms with E-state index in [9.17, 15) is 0 Å². The highest BCUT2D eigenvalue weighted by atomic mass is 14.9. The van der Waals surface area contributed by atoms with Gasteiger partial charge in [-0.15, -0.1) is 0 Å². The van der Waals surface area contributed by atoms with Crippen LogP contribution in [-0.4, -0.2) is 16.9 Å². The lowest BCUT2D eigenvalue weighted by atomic mass is 10.0. The molecule has 0 aliphatic heterocycles. The molecule has 0 saturated heterocycles. The number of aryl methyl sites for hydroxylation is 2. The molecule has 3 nitrogen and oxygen atoms in total. The lowest BCUT2D eigenvalue weighted by Gasteiger charge is -2.03. The number of hydrogen-bond donors (Lipinski definition) is 2. The molecule has 3 heteroatoms. The van der Waals surface area contributed by atoms with Gasteiger partial charge in [0.25, 0.3) is 0 Å². The van der Waals surface area contributed by atoms with Gasteiger partial charge >= 0.3 is 0 Å². The van der Waals surface area contributed by atoms with Gasteiger partial charge in [0.15, 0.2) is 0 Å². The molecule has 17 heavy (non-hydrogen) atoms. The number of H-pyrrole nitrogens is 1. The second-order valence-electron chi connectivity index (χ2n) is 4.95. The molecule has 3 N–H and O–H groups in total. The summed E-state index contributed by atoms with van der Waals surface area (Å²) in [5, 5.41) is 1.21. The number of rotatable bonds is 2. The predicted molar refractivity (Wildman–Crippen MR) is 71.5 cm³/mol. The molecule has 1 heterocycles. The third-order valence-corrected chi connectivity index (χ3v) is 3.27. The standard InChI is InChI=1S/C14H17N3/c1-8-5-9(2)13-11(7-16-12(13)6-8)14(15)17-10-3-4-10/h5-7,10,16H,3-4H2,1-2H3,(H2,15,17). The first-order valence-electron chi connectivity index (χ1n) is 6.07. The van der Waals surface area contributed by atoms with Gasteiger partial charge in [-0.3, -0.25) is 4.99 Å². The maximum atomic E-state index is 6.08. The van der Waals surface area contributed by atoms with E-state index in [1.165, 1.54) is 29.4 Å². The fraction of sp³-hybridized carbons (Fsp3) is 0.357. The minimum atomic E-state index is 0.464. The van der Waals surface area contributed by atoms with Gasteiger partial charge in [0.2, 0.25) is 0 Å². The third kappa shape index (κ3) is 1.82. The molecule has 1 saturated carbocycles. The number of nitrogens with zero attached hydrogens (tertiary/aromatic N) is 1. The average molecular weight is 227 g/mol. The monoisotopic (exact) mass is 227 g/mol. The smallest absolute Gasteiger partial charge is 0.128 e. The zero-order valence-corrected chi connectivity index (χ0v) is 10.2. The molecular weight excluding hydrogens is 210 g/mol. The van der Waals surface area contributed by atoms with Crippen molar-refractivity contribution in [2.24, 2.45) is 10.7 Å². The summed E-state index contributed by atoms with van der Waals surface area (Å²) in [4.78, 5) is 7.80. The molecule has 0 atom stereocenters. The Morgan fingerprint density at radius 2 is 2.12 bits per heavy atom. The van der Waals surface area contributed by atoms with Crippen molar-refractivity contribution in [3.05, 3.63) is 35.0 Å². The average Bonchev–Trinajstić information content (AvgIpc) is 2.94. The van der Waals surface area contributed by atoms with Crippen molar-refractivity contribution in [3.8, 4) is 0 Å². The number of aromatic amines is 1. The SMILES string of the molecule is Cc1cc(C)c2c(C(N)=NC3CC3)c[nH]c2c1. The van der Waals surface area contributed by atoms with Crippen molar-refractivity contribution in [1.82, 2.24) is 4.98 Å². The first kappa shape index (κ1) is 10.4. The van der Waals surface area contributed by atoms with Gasteiger partial charge in [0, 0.05) is 22.7 Å². The van der Waals surface area contributed by atoms with Crippen LogP contribution >= 0.6 is 0 Å². The molecule has 88 valence electrons. The molecule has 2 aromatic rings. The Morgan fingerprint density at radius 3 is 2.82 bits per heavy atom. The quantitative estimate of drug-likeness (QED) is 0.601. The summed E-state index contributed by atoms with van der Waals surface area (Å²) in [6, 6.07) is 4.80. The summed E-state index contributed by atoms with van der Waals surface area (Å²) < 4.78 is 0. The number of aromatic nitrogens is 1. The van der Waals surface area contributed by atoms with Crippen molar-refractivity contribution in [2.45, 2.75) is 32.7 Å². The summed E-state index contributed by atoms with van der Waals surface area (Å²) in [7, 11) is 0. The molecule has 0 spiro atoms. The summed E-state index contributed by atoms with van der Waals surface area (Å²) in [6.45, 7) is 4.23. The van der Waals surface area contributed by atoms with E-state index >= 15 is 0 Å². The zero-order chi connectivity index (χ0) is 12.0. The van der Waals surface area contributed by atoms with Gasteiger partial charge in [-0.1, -0.05) is 6.07 Å². The van der Waals surface area contributed by atoms with Crippen molar-refractivity contribution in [3.63, 3.8) is 0 Å². The van der Waals surface area contributed by atoms with Crippen molar-refractivity contribution >= 4 is 16.7 Å². The lowest BCUT2D eigenvalue weighted by molar-refractivity contribution is 1.06. The van der Waals surface area contributed by atoms with Crippen LogP contribution in [0.15, 0.2) is 23.3 Å². The summed E-state index contributed by atoms with van der Waals surface area (Å²) in [5.41, 5.74) is 10.8. The second kappa shape index (κ2) is 3.62. The maximum absolute atomic E-state index is 6.08. The first-order valence-corrected chi connectivity index (χ1v) is 6.07. The van der Waals surface area contributed by atoms with Gasteiger partial charge in [0.1, 0.15) is 5.84 Å². The lowest BCUT2D eigenvalue weighted by Crippen LogP contribution is -2.13. The second-order valence-corrected chi connectivity index (χ2v) is 4.95. The van der Waals surface area contributed by atoms with Gasteiger partial charge in [-0.05, 0) is 43.9 Å². The van der Waals surface area contributed by atoms with E-state index in [1.54, 1.807) is 0 Å². The first-order chi connectivity index (χ1) is 8.15. The number of amidine groups is 1. The molecule has 0 unspecified atom stereocenters. The summed E-state index contributed by atoms with van der Waals surface area (Å²) >= 11 is 0. The molecule has 1 aromatic carbocycles. The Hall–Kier alpha value is -1.77. The minimum absolute atomic E-state index is 0.464. The van der Waals surface area contributed by atoms with E-state index < -0.39 is 0 Å². The highest BCUT2D eigenvalue weighted by Crippen LogP contribution is 2.27. The number of nitrogens with two attached hydrogens (primary N) is 1. The normalized spacial score (nSPS) is 16.7. The van der Waals surface area contributed by atoms with E-state index in [0.717, 1.165) is 11.1 Å². The highest BCUT2D eigenvalue weighted by molar-refractivity contribution is 6.10. The van der Waals surface area contributed by atoms with Crippen molar-refractivity contribution in [1.29, 1.82) is 0 Å². The van der Waals surface area contributed by atoms with Crippen LogP contribution in [0.25, 0.3) is 10.9 Å². The fourth-order valence-corrected chi connectivity index (χ4v) is 2.33. The van der Waals surface area contributed by atoms with Crippen molar-refractivity contribution < 1.29 is 0 Å². The topological polar surface area (TPSA) is 54.2 Å². The summed E-state index contributed by atoms with van der Waals surface area (Å²) in [6.07, 6.45) is 4.33. The van der Waals surface area contributed by atoms with Crippen molar-refractivity contribution in [2.75, 3.05) is 0 Å². The molecule has 3 rings (SSSR count). The predicted octanol–water partition coefficient (Wildman–Crippen LogP) is 2.65. The van der Waals surface area contributed by atoms with Gasteiger partial charge < -0.3 is 10.7 Å². The van der Waals surface area contributed by atoms with E-state index in [1.807, 2.05) is 6.20 Å². The van der Waals surface area contributed by atoms with E-state index in [0.29, 0.717) is 11.9 Å². The molecule has 1 aliphatic carbocycles. The van der Waals surface area contributed by atoms with Gasteiger partial charge in [-0.25, -0.2) is 0 Å². The van der Waals surface area contributed by atoms with Crippen LogP contribution < -0.4 is 5.73 Å². The zero-order valence-electron chi connectivity index (χ0n) is 10.2. The molecule has 1 aliphatic rings. The van der Waals surface area contributed by atoms with E-state index in [4.69, 9.17) is 5.73 Å². The fourth-order valence-electron chi connectivity index (χ4n) is 2.33. The Balaban J connectivity index is 2.17. The van der Waals surface area contributed by atoms with Crippen LogP contribution in [0, 0.1) is 13.8 Å². The van der Waals surface area contributed by atoms with Crippen LogP contribution in [0.2, 0.25) is 0 Å². The Bertz CT molecular complexity index is 603. The van der Waals surface area contributed by atoms with Crippen LogP contribution in [0.1, 0.15) is 29.5 Å². The van der Waals surface area contributed by atoms with Crippen LogP contribution in [-0.2, 0) is 0 Å². The molecular formula is C14H17N3. The van der Waals surface area contributed by atoms with Gasteiger partial charge in [-0.2, -0.15) is 0 Å². The van der Waals surface area contributed by atoms with Crippen LogP contribution in [0.4, 0.5) is 0 Å². The molecule has 1 fully saturated rings. The Labute approximate surface area is 101 Å². The minimum Gasteiger partial charge on any atom is -0.383 e. The summed E-state index contributed by atoms with van der Waals surface area (Å²) in [5.74, 6) is 0.672. The van der Waals surface area contributed by atoms with E-state index in [2.05, 4.69) is 36.0 Å². The van der Waals surface area contributed by atoms with Crippen LogP contribution in [0.5, 0.6) is 0 Å². The molecule has 0 bridgehead atoms. The molecule has 1 aromatic heterocycles. The number of aliphatic imine (C=N–C) groups is 1. The van der Waals surface area contributed by atoms with Crippen LogP contribution in [0.3, 0.4) is 0 Å². The third-order valence-electron chi connectivity index (χ3n) is 3.27. The molecule has 0 amide bonds. The number of hydrogen-bond acceptors (Lipinski definition) is 1. The highest BCUT2D eigenvalue weighted by Gasteiger charge is 2.21. The Morgan fingerprint density at radius 1 is 1.35 bits per heavy atom. The maximum Gasteiger partial charge on any atom is 0.128 e. The molecule has 0 radical (unpaired) electrons. The number of nitrogens with one attached hydrogen (secondary N) is 1. The van der Waals surface area contributed by atoms with E-state index in [-0.39, 0.29) is 0 Å². The Kier molecular flexibility index (Phi) is 2.21. The largest absolute Gasteiger partial charge is 0.383 e. The number of fused-ring (bicyclic) bond motifs is 1. The number of benzene rings is 1. The van der Waals surface area contributed by atoms with Gasteiger partial charge in [0.05, 0.1) is 6.04 Å².